The normalized spacial score (nSPS) is 33.8. The van der Waals surface area contributed by atoms with Crippen LogP contribution in [0, 0.1) is 29.1 Å². The number of carbonyl (C=O) groups is 1. The van der Waals surface area contributed by atoms with E-state index >= 15 is 0 Å². The van der Waals surface area contributed by atoms with Crippen molar-refractivity contribution in [3.63, 3.8) is 0 Å². The van der Waals surface area contributed by atoms with Gasteiger partial charge in [0.05, 0.1) is 0 Å². The summed E-state index contributed by atoms with van der Waals surface area (Å²) in [7, 11) is 0. The molecule has 0 radical (unpaired) electrons. The minimum atomic E-state index is 0.108. The van der Waals surface area contributed by atoms with Gasteiger partial charge in [0.15, 0.2) is 0 Å². The molecule has 42 heavy (non-hydrogen) atoms. The molecule has 4 heteroatoms. The van der Waals surface area contributed by atoms with E-state index in [1.165, 1.54) is 34.0 Å². The molecule has 3 nitrogen and oxygen atoms in total. The van der Waals surface area contributed by atoms with Crippen molar-refractivity contribution >= 4 is 25.2 Å². The van der Waals surface area contributed by atoms with E-state index in [1.807, 2.05) is 0 Å². The van der Waals surface area contributed by atoms with Crippen molar-refractivity contribution in [2.24, 2.45) is 29.1 Å². The summed E-state index contributed by atoms with van der Waals surface area (Å²) in [6.45, 7) is 3.83. The van der Waals surface area contributed by atoms with Gasteiger partial charge >= 0.3 is 240 Å². The molecule has 0 spiro atoms. The summed E-state index contributed by atoms with van der Waals surface area (Å²) >= 11 is 0.153. The zero-order valence-electron chi connectivity index (χ0n) is 24.6. The molecule has 3 aromatic rings. The Bertz CT molecular complexity index is 1390. The van der Waals surface area contributed by atoms with Gasteiger partial charge in [-0.05, 0) is 0 Å². The quantitative estimate of drug-likeness (QED) is 0.246. The van der Waals surface area contributed by atoms with Crippen LogP contribution in [0.5, 0.6) is 0 Å². The number of hydrogen-bond acceptors (Lipinski definition) is 3. The van der Waals surface area contributed by atoms with Gasteiger partial charge in [0.25, 0.3) is 0 Å². The van der Waals surface area contributed by atoms with E-state index in [0.717, 1.165) is 25.7 Å². The number of carbonyl (C=O) groups excluding carboxylic acids is 1. The molecule has 218 valence electrons. The van der Waals surface area contributed by atoms with E-state index in [1.54, 1.807) is 0 Å². The van der Waals surface area contributed by atoms with Crippen LogP contribution in [-0.4, -0.2) is 32.9 Å². The molecule has 8 atom stereocenters. The van der Waals surface area contributed by atoms with E-state index < -0.39 is 0 Å². The van der Waals surface area contributed by atoms with Crippen LogP contribution in [-0.2, 0) is 27.5 Å². The second kappa shape index (κ2) is 12.2. The Hall–Kier alpha value is -2.49. The first-order valence-electron chi connectivity index (χ1n) is 15.9. The number of hydrogen-bond donors (Lipinski definition) is 0. The van der Waals surface area contributed by atoms with Crippen molar-refractivity contribution in [1.29, 1.82) is 0 Å². The van der Waals surface area contributed by atoms with Gasteiger partial charge in [-0.2, -0.15) is 0 Å². The monoisotopic (exact) mass is 626 g/mol. The average Bonchev–Trinajstić information content (AvgIpc) is 3.36. The van der Waals surface area contributed by atoms with Crippen LogP contribution >= 0.6 is 0 Å². The second-order valence-electron chi connectivity index (χ2n) is 13.2. The fraction of sp³-hybridized carbons (Fsp3) is 0.447. The molecule has 3 saturated carbocycles. The molecule has 0 unspecified atom stereocenters. The second-order valence-corrected chi connectivity index (χ2v) is 15.9. The zero-order valence-corrected chi connectivity index (χ0v) is 26.3. The Morgan fingerprint density at radius 1 is 0.810 bits per heavy atom. The smallest absolute Gasteiger partial charge is 0.0622 e. The maximum absolute atomic E-state index is 13.4. The number of ketones is 1. The van der Waals surface area contributed by atoms with Crippen molar-refractivity contribution in [1.82, 2.24) is 0 Å². The number of rotatable bonds is 8. The summed E-state index contributed by atoms with van der Waals surface area (Å²) < 4.78 is 15.1. The van der Waals surface area contributed by atoms with Gasteiger partial charge in [-0.1, -0.05) is 18.2 Å². The van der Waals surface area contributed by atoms with Gasteiger partial charge in [0, 0.05) is 0 Å². The average molecular weight is 626 g/mol. The standard InChI is InChI=1S/C38H42O3Se/c1-38-23-34(40-24-26-11-5-2-6-12-26)37-30(32(38)19-20-36(38)41-25-27-13-7-3-8-14-27)18-17-28-21-33(39)35(22-31(28)37)42-29-15-9-4-10-16-29/h2-16,21,30-32,34-37H,17-20,22-25H2,1H3/t30-,31-,32-,34-,35+,36-,37-,38-/m0/s1. The van der Waals surface area contributed by atoms with Crippen LogP contribution in [0.25, 0.3) is 0 Å². The Morgan fingerprint density at radius 3 is 2.14 bits per heavy atom. The van der Waals surface area contributed by atoms with Gasteiger partial charge in [-0.25, -0.2) is 0 Å². The van der Waals surface area contributed by atoms with Crippen molar-refractivity contribution in [2.45, 2.75) is 75.7 Å². The Morgan fingerprint density at radius 2 is 1.45 bits per heavy atom. The first kappa shape index (κ1) is 28.3. The SMILES string of the molecule is C[C@]12C[C@H](OCc3ccccc3)[C@H]3[C@@H](CCC4=CC(=O)[C@H]([Se]c5ccccc5)C[C@@H]43)[C@@H]1CC[C@@H]2OCc1ccccc1. The van der Waals surface area contributed by atoms with E-state index in [-0.39, 0.29) is 37.4 Å². The minimum Gasteiger partial charge on any atom is -0.0622 e. The van der Waals surface area contributed by atoms with Crippen LogP contribution in [0.4, 0.5) is 0 Å². The summed E-state index contributed by atoms with van der Waals surface area (Å²) in [6, 6.07) is 31.9. The van der Waals surface area contributed by atoms with Gasteiger partial charge in [0.2, 0.25) is 0 Å². The van der Waals surface area contributed by atoms with Crippen LogP contribution in [0.15, 0.2) is 103 Å². The Balaban J connectivity index is 1.16. The van der Waals surface area contributed by atoms with Crippen molar-refractivity contribution in [2.75, 3.05) is 0 Å². The maximum atomic E-state index is 13.4. The molecule has 0 aliphatic heterocycles. The van der Waals surface area contributed by atoms with Gasteiger partial charge < -0.3 is 0 Å². The molecule has 3 aromatic carbocycles. The molecule has 4 aliphatic rings. The van der Waals surface area contributed by atoms with E-state index in [4.69, 9.17) is 9.47 Å². The van der Waals surface area contributed by atoms with E-state index in [2.05, 4.69) is 104 Å². The first-order valence-corrected chi connectivity index (χ1v) is 17.7. The molecular formula is C38H42O3Se. The van der Waals surface area contributed by atoms with E-state index in [0.29, 0.717) is 42.7 Å². The first-order chi connectivity index (χ1) is 20.6. The predicted octanol–water partition coefficient (Wildman–Crippen LogP) is 7.34. The van der Waals surface area contributed by atoms with E-state index in [9.17, 15) is 4.79 Å². The summed E-state index contributed by atoms with van der Waals surface area (Å²) in [5.41, 5.74) is 4.00. The fourth-order valence-corrected chi connectivity index (χ4v) is 11.3. The molecule has 4 aliphatic carbocycles. The third-order valence-electron chi connectivity index (χ3n) is 10.8. The Kier molecular flexibility index (Phi) is 8.25. The molecule has 0 aromatic heterocycles. The van der Waals surface area contributed by atoms with Gasteiger partial charge in [-0.3, -0.25) is 0 Å². The molecule has 0 amide bonds. The molecule has 0 bridgehead atoms. The molecule has 0 N–H and O–H groups in total. The molecule has 7 rings (SSSR count). The summed E-state index contributed by atoms with van der Waals surface area (Å²) in [5.74, 6) is 2.56. The predicted molar refractivity (Wildman–Crippen MR) is 168 cm³/mol. The summed E-state index contributed by atoms with van der Waals surface area (Å²) in [5, 5.41) is 0. The van der Waals surface area contributed by atoms with Crippen molar-refractivity contribution in [3.8, 4) is 0 Å². The van der Waals surface area contributed by atoms with Crippen LogP contribution < -0.4 is 4.46 Å². The number of ether oxygens (including phenoxy) is 2. The summed E-state index contributed by atoms with van der Waals surface area (Å²) in [4.78, 5) is 13.5. The van der Waals surface area contributed by atoms with Crippen LogP contribution in [0.3, 0.4) is 0 Å². The molecule has 0 saturated heterocycles. The van der Waals surface area contributed by atoms with Gasteiger partial charge in [-0.15, -0.1) is 0 Å². The van der Waals surface area contributed by atoms with Crippen molar-refractivity contribution in [3.05, 3.63) is 114 Å². The van der Waals surface area contributed by atoms with Crippen LogP contribution in [0.2, 0.25) is 4.82 Å². The molecular weight excluding hydrogens is 583 g/mol. The fourth-order valence-electron chi connectivity index (χ4n) is 8.92. The topological polar surface area (TPSA) is 35.5 Å². The van der Waals surface area contributed by atoms with Crippen LogP contribution in [0.1, 0.15) is 56.6 Å². The summed E-state index contributed by atoms with van der Waals surface area (Å²) in [6.07, 6.45) is 9.14. The van der Waals surface area contributed by atoms with Crippen molar-refractivity contribution < 1.29 is 14.3 Å². The third-order valence-corrected chi connectivity index (χ3v) is 13.5. The third kappa shape index (κ3) is 5.60. The minimum absolute atomic E-state index is 0.108. The number of benzene rings is 3. The number of fused-ring (bicyclic) bond motifs is 5. The molecule has 0 heterocycles. The molecule has 3 fully saturated rings. The van der Waals surface area contributed by atoms with Gasteiger partial charge in [0.1, 0.15) is 0 Å². The number of allylic oxidation sites excluding steroid dienone is 1. The zero-order chi connectivity index (χ0) is 28.5. The Labute approximate surface area is 257 Å².